The summed E-state index contributed by atoms with van der Waals surface area (Å²) in [7, 11) is 1.42. The molecule has 0 bridgehead atoms. The molecule has 2 rings (SSSR count). The lowest BCUT2D eigenvalue weighted by atomic mass is 9.79. The van der Waals surface area contributed by atoms with Crippen LogP contribution in [-0.4, -0.2) is 19.4 Å². The lowest BCUT2D eigenvalue weighted by Crippen LogP contribution is -2.37. The van der Waals surface area contributed by atoms with Gasteiger partial charge in [0.1, 0.15) is 5.78 Å². The van der Waals surface area contributed by atoms with Crippen LogP contribution in [0.5, 0.6) is 5.75 Å². The molecule has 0 aliphatic heterocycles. The molecule has 0 radical (unpaired) electrons. The van der Waals surface area contributed by atoms with E-state index in [0.29, 0.717) is 12.1 Å². The Morgan fingerprint density at radius 2 is 2.11 bits per heavy atom. The number of nitrogens with two attached hydrogens (primary N) is 1. The van der Waals surface area contributed by atoms with Crippen molar-refractivity contribution >= 4 is 5.78 Å². The minimum absolute atomic E-state index is 0.136. The molecule has 1 fully saturated rings. The number of hydrogen-bond donors (Lipinski definition) is 1. The first-order valence-corrected chi connectivity index (χ1v) is 6.67. The highest BCUT2D eigenvalue weighted by atomic mass is 19.1. The molecule has 0 atom stereocenters. The summed E-state index contributed by atoms with van der Waals surface area (Å²) in [6, 6.07) is 4.66. The molecule has 1 aliphatic rings. The summed E-state index contributed by atoms with van der Waals surface area (Å²) in [5, 5.41) is 0. The molecule has 104 valence electrons. The fourth-order valence-electron chi connectivity index (χ4n) is 2.84. The van der Waals surface area contributed by atoms with Gasteiger partial charge in [-0.3, -0.25) is 4.79 Å². The highest BCUT2D eigenvalue weighted by molar-refractivity contribution is 5.87. The summed E-state index contributed by atoms with van der Waals surface area (Å²) >= 11 is 0. The molecule has 0 unspecified atom stereocenters. The number of carbonyl (C=O) groups excluding carboxylic acids is 1. The fourth-order valence-corrected chi connectivity index (χ4v) is 2.84. The summed E-state index contributed by atoms with van der Waals surface area (Å²) < 4.78 is 18.5. The van der Waals surface area contributed by atoms with E-state index < -0.39 is 5.82 Å². The normalized spacial score (nSPS) is 17.4. The number of rotatable bonds is 5. The van der Waals surface area contributed by atoms with Crippen molar-refractivity contribution in [2.45, 2.75) is 32.1 Å². The van der Waals surface area contributed by atoms with Crippen LogP contribution < -0.4 is 10.5 Å². The maximum atomic E-state index is 13.6. The second kappa shape index (κ2) is 5.70. The van der Waals surface area contributed by atoms with Gasteiger partial charge < -0.3 is 10.5 Å². The van der Waals surface area contributed by atoms with Crippen LogP contribution in [0.3, 0.4) is 0 Å². The lowest BCUT2D eigenvalue weighted by molar-refractivity contribution is -0.127. The molecular weight excluding hydrogens is 245 g/mol. The molecule has 0 saturated heterocycles. The zero-order valence-electron chi connectivity index (χ0n) is 11.2. The van der Waals surface area contributed by atoms with Crippen LogP contribution in [0, 0.1) is 11.2 Å². The number of halogens is 1. The fraction of sp³-hybridized carbons (Fsp3) is 0.533. The summed E-state index contributed by atoms with van der Waals surface area (Å²) in [4.78, 5) is 12.4. The third-order valence-corrected chi connectivity index (χ3v) is 4.12. The Balaban J connectivity index is 2.12. The summed E-state index contributed by atoms with van der Waals surface area (Å²) in [6.07, 6.45) is 4.08. The Morgan fingerprint density at radius 3 is 2.63 bits per heavy atom. The van der Waals surface area contributed by atoms with Gasteiger partial charge in [-0.25, -0.2) is 4.39 Å². The molecule has 0 heterocycles. The van der Waals surface area contributed by atoms with Crippen molar-refractivity contribution < 1.29 is 13.9 Å². The number of carbonyl (C=O) groups is 1. The van der Waals surface area contributed by atoms with Crippen molar-refractivity contribution in [3.63, 3.8) is 0 Å². The highest BCUT2D eigenvalue weighted by Gasteiger charge is 2.39. The van der Waals surface area contributed by atoms with Gasteiger partial charge >= 0.3 is 0 Å². The first kappa shape index (κ1) is 14.0. The van der Waals surface area contributed by atoms with E-state index in [2.05, 4.69) is 0 Å². The second-order valence-electron chi connectivity index (χ2n) is 5.26. The Bertz CT molecular complexity index is 467. The van der Waals surface area contributed by atoms with E-state index in [1.165, 1.54) is 13.2 Å². The van der Waals surface area contributed by atoms with Crippen LogP contribution in [0.4, 0.5) is 4.39 Å². The van der Waals surface area contributed by atoms with Crippen LogP contribution >= 0.6 is 0 Å². The van der Waals surface area contributed by atoms with E-state index in [1.54, 1.807) is 12.1 Å². The number of benzene rings is 1. The quantitative estimate of drug-likeness (QED) is 0.889. The average molecular weight is 265 g/mol. The molecule has 3 nitrogen and oxygen atoms in total. The van der Waals surface area contributed by atoms with Gasteiger partial charge in [0, 0.05) is 18.4 Å². The third-order valence-electron chi connectivity index (χ3n) is 4.12. The highest BCUT2D eigenvalue weighted by Crippen LogP contribution is 2.38. The predicted octanol–water partition coefficient (Wildman–Crippen LogP) is 2.46. The molecule has 1 aromatic rings. The van der Waals surface area contributed by atoms with Gasteiger partial charge in [0.05, 0.1) is 7.11 Å². The first-order valence-electron chi connectivity index (χ1n) is 6.67. The SMILES string of the molecule is COc1ccc(CC(=O)C2(CN)CCCC2)cc1F. The minimum atomic E-state index is -0.430. The largest absolute Gasteiger partial charge is 0.494 e. The van der Waals surface area contributed by atoms with Crippen molar-refractivity contribution in [1.82, 2.24) is 0 Å². The molecule has 1 aromatic carbocycles. The Kier molecular flexibility index (Phi) is 4.20. The Hall–Kier alpha value is -1.42. The average Bonchev–Trinajstić information content (AvgIpc) is 2.89. The number of methoxy groups -OCH3 is 1. The number of ether oxygens (including phenoxy) is 1. The standard InChI is InChI=1S/C15H20FNO2/c1-19-13-5-4-11(8-12(13)16)9-14(18)15(10-17)6-2-3-7-15/h4-5,8H,2-3,6-7,9-10,17H2,1H3. The summed E-state index contributed by atoms with van der Waals surface area (Å²) in [6.45, 7) is 0.393. The van der Waals surface area contributed by atoms with Crippen LogP contribution in [0.2, 0.25) is 0 Å². The molecule has 1 aliphatic carbocycles. The molecule has 19 heavy (non-hydrogen) atoms. The van der Waals surface area contributed by atoms with Gasteiger partial charge in [0.25, 0.3) is 0 Å². The van der Waals surface area contributed by atoms with E-state index in [-0.39, 0.29) is 23.4 Å². The summed E-state index contributed by atoms with van der Waals surface area (Å²) in [5.41, 5.74) is 6.09. The monoisotopic (exact) mass is 265 g/mol. The lowest BCUT2D eigenvalue weighted by Gasteiger charge is -2.25. The second-order valence-corrected chi connectivity index (χ2v) is 5.26. The topological polar surface area (TPSA) is 52.3 Å². The van der Waals surface area contributed by atoms with E-state index in [1.807, 2.05) is 0 Å². The van der Waals surface area contributed by atoms with Crippen molar-refractivity contribution in [1.29, 1.82) is 0 Å². The van der Waals surface area contributed by atoms with Crippen molar-refractivity contribution in [3.05, 3.63) is 29.6 Å². The van der Waals surface area contributed by atoms with Gasteiger partial charge in [0.2, 0.25) is 0 Å². The van der Waals surface area contributed by atoms with Crippen LogP contribution in [0.15, 0.2) is 18.2 Å². The van der Waals surface area contributed by atoms with Crippen molar-refractivity contribution in [3.8, 4) is 5.75 Å². The molecule has 1 saturated carbocycles. The Labute approximate surface area is 112 Å². The molecule has 0 spiro atoms. The van der Waals surface area contributed by atoms with E-state index in [4.69, 9.17) is 10.5 Å². The molecule has 0 amide bonds. The molecule has 2 N–H and O–H groups in total. The van der Waals surface area contributed by atoms with Gasteiger partial charge in [-0.05, 0) is 30.5 Å². The van der Waals surface area contributed by atoms with Gasteiger partial charge in [-0.15, -0.1) is 0 Å². The van der Waals surface area contributed by atoms with Gasteiger partial charge in [-0.1, -0.05) is 18.9 Å². The summed E-state index contributed by atoms with van der Waals surface area (Å²) in [5.74, 6) is -0.0938. The Morgan fingerprint density at radius 1 is 1.42 bits per heavy atom. The minimum Gasteiger partial charge on any atom is -0.494 e. The molecule has 0 aromatic heterocycles. The van der Waals surface area contributed by atoms with Gasteiger partial charge in [-0.2, -0.15) is 0 Å². The maximum Gasteiger partial charge on any atom is 0.165 e. The van der Waals surface area contributed by atoms with Crippen LogP contribution in [-0.2, 0) is 11.2 Å². The van der Waals surface area contributed by atoms with Crippen LogP contribution in [0.1, 0.15) is 31.2 Å². The van der Waals surface area contributed by atoms with E-state index in [0.717, 1.165) is 25.7 Å². The van der Waals surface area contributed by atoms with E-state index in [9.17, 15) is 9.18 Å². The zero-order valence-corrected chi connectivity index (χ0v) is 11.2. The number of Topliss-reactive ketones (excluding diaryl/α,β-unsaturated/α-hetero) is 1. The smallest absolute Gasteiger partial charge is 0.165 e. The predicted molar refractivity (Wildman–Crippen MR) is 71.6 cm³/mol. The maximum absolute atomic E-state index is 13.6. The van der Waals surface area contributed by atoms with Crippen LogP contribution in [0.25, 0.3) is 0 Å². The third kappa shape index (κ3) is 2.78. The van der Waals surface area contributed by atoms with Crippen molar-refractivity contribution in [2.24, 2.45) is 11.1 Å². The molecular formula is C15H20FNO2. The number of hydrogen-bond acceptors (Lipinski definition) is 3. The van der Waals surface area contributed by atoms with E-state index >= 15 is 0 Å². The molecule has 4 heteroatoms. The number of ketones is 1. The first-order chi connectivity index (χ1) is 9.11. The van der Waals surface area contributed by atoms with Gasteiger partial charge in [0.15, 0.2) is 11.6 Å². The van der Waals surface area contributed by atoms with Crippen molar-refractivity contribution in [2.75, 3.05) is 13.7 Å². The zero-order chi connectivity index (χ0) is 13.9.